The molecule has 0 fully saturated rings. The van der Waals surface area contributed by atoms with Gasteiger partial charge in [-0.05, 0) is 39.3 Å². The lowest BCUT2D eigenvalue weighted by Crippen LogP contribution is -2.36. The second kappa shape index (κ2) is 7.60. The second-order valence-electron chi connectivity index (χ2n) is 6.45. The van der Waals surface area contributed by atoms with Gasteiger partial charge in [0.1, 0.15) is 5.01 Å². The number of thiazole rings is 1. The van der Waals surface area contributed by atoms with E-state index in [-0.39, 0.29) is 6.04 Å². The van der Waals surface area contributed by atoms with Crippen molar-refractivity contribution in [3.63, 3.8) is 0 Å². The number of nitrogens with zero attached hydrogens (tertiary/aromatic N) is 2. The lowest BCUT2D eigenvalue weighted by Gasteiger charge is -2.26. The van der Waals surface area contributed by atoms with Gasteiger partial charge in [-0.15, -0.1) is 22.7 Å². The van der Waals surface area contributed by atoms with Crippen molar-refractivity contribution < 1.29 is 8.42 Å². The standard InChI is InChI=1S/C19H22N2O2S3/c1-13(2)21(11-16-8-6-5-7-9-16)26(22,23)18-10-17(25-15(18)4)19-20-14(3)12-24-19/h5-10,12-13H,11H2,1-4H3. The number of aryl methyl sites for hydroxylation is 2. The van der Waals surface area contributed by atoms with Gasteiger partial charge in [-0.25, -0.2) is 13.4 Å². The third-order valence-corrected chi connectivity index (χ3v) is 8.50. The summed E-state index contributed by atoms with van der Waals surface area (Å²) in [6, 6.07) is 11.3. The minimum atomic E-state index is -3.59. The SMILES string of the molecule is Cc1csc(-c2cc(S(=O)(=O)N(Cc3ccccc3)C(C)C)c(C)s2)n1. The maximum atomic E-state index is 13.4. The lowest BCUT2D eigenvalue weighted by molar-refractivity contribution is 0.348. The lowest BCUT2D eigenvalue weighted by atomic mass is 10.2. The van der Waals surface area contributed by atoms with Crippen LogP contribution >= 0.6 is 22.7 Å². The van der Waals surface area contributed by atoms with Crippen molar-refractivity contribution in [1.29, 1.82) is 0 Å². The molecule has 2 aromatic heterocycles. The average Bonchev–Trinajstić information content (AvgIpc) is 3.19. The Kier molecular flexibility index (Phi) is 5.62. The molecule has 0 aliphatic rings. The van der Waals surface area contributed by atoms with E-state index in [4.69, 9.17) is 0 Å². The van der Waals surface area contributed by atoms with Crippen molar-refractivity contribution in [2.24, 2.45) is 0 Å². The Morgan fingerprint density at radius 2 is 1.85 bits per heavy atom. The molecule has 3 aromatic rings. The van der Waals surface area contributed by atoms with Gasteiger partial charge in [0.25, 0.3) is 0 Å². The highest BCUT2D eigenvalue weighted by atomic mass is 32.2. The molecule has 26 heavy (non-hydrogen) atoms. The third-order valence-electron chi connectivity index (χ3n) is 4.05. The molecular formula is C19H22N2O2S3. The molecule has 7 heteroatoms. The zero-order valence-corrected chi connectivity index (χ0v) is 17.7. The number of rotatable bonds is 6. The topological polar surface area (TPSA) is 50.3 Å². The highest BCUT2D eigenvalue weighted by Crippen LogP contribution is 2.37. The summed E-state index contributed by atoms with van der Waals surface area (Å²) >= 11 is 3.03. The van der Waals surface area contributed by atoms with Gasteiger partial charge in [0, 0.05) is 28.5 Å². The Morgan fingerprint density at radius 1 is 1.15 bits per heavy atom. The van der Waals surface area contributed by atoms with Crippen LogP contribution in [0.3, 0.4) is 0 Å². The van der Waals surface area contributed by atoms with E-state index in [9.17, 15) is 8.42 Å². The van der Waals surface area contributed by atoms with Crippen LogP contribution in [-0.4, -0.2) is 23.7 Å². The van der Waals surface area contributed by atoms with Crippen LogP contribution in [0.15, 0.2) is 46.7 Å². The maximum Gasteiger partial charge on any atom is 0.244 e. The summed E-state index contributed by atoms with van der Waals surface area (Å²) in [6.07, 6.45) is 0. The van der Waals surface area contributed by atoms with Crippen molar-refractivity contribution in [2.75, 3.05) is 0 Å². The molecule has 138 valence electrons. The molecule has 0 saturated heterocycles. The Labute approximate surface area is 163 Å². The smallest absolute Gasteiger partial charge is 0.241 e. The fourth-order valence-electron chi connectivity index (χ4n) is 2.73. The van der Waals surface area contributed by atoms with Crippen LogP contribution in [0.25, 0.3) is 9.88 Å². The van der Waals surface area contributed by atoms with E-state index < -0.39 is 10.0 Å². The van der Waals surface area contributed by atoms with Crippen LogP contribution in [0.5, 0.6) is 0 Å². The molecule has 0 N–H and O–H groups in total. The molecule has 2 heterocycles. The van der Waals surface area contributed by atoms with Crippen LogP contribution < -0.4 is 0 Å². The number of benzene rings is 1. The first kappa shape index (κ1) is 19.2. The van der Waals surface area contributed by atoms with Crippen LogP contribution in [0.4, 0.5) is 0 Å². The normalized spacial score (nSPS) is 12.2. The molecule has 0 atom stereocenters. The minimum Gasteiger partial charge on any atom is -0.241 e. The zero-order valence-electron chi connectivity index (χ0n) is 15.3. The Bertz CT molecular complexity index is 989. The monoisotopic (exact) mass is 406 g/mol. The number of sulfonamides is 1. The first-order valence-corrected chi connectivity index (χ1v) is 11.5. The Morgan fingerprint density at radius 3 is 2.42 bits per heavy atom. The van der Waals surface area contributed by atoms with Crippen molar-refractivity contribution in [1.82, 2.24) is 9.29 Å². The highest BCUT2D eigenvalue weighted by Gasteiger charge is 2.30. The van der Waals surface area contributed by atoms with Gasteiger partial charge in [0.2, 0.25) is 10.0 Å². The quantitative estimate of drug-likeness (QED) is 0.573. The molecule has 3 rings (SSSR count). The van der Waals surface area contributed by atoms with E-state index in [1.807, 2.05) is 63.4 Å². The van der Waals surface area contributed by atoms with Gasteiger partial charge in [-0.3, -0.25) is 0 Å². The van der Waals surface area contributed by atoms with Gasteiger partial charge in [-0.1, -0.05) is 30.3 Å². The van der Waals surface area contributed by atoms with Crippen LogP contribution in [0.2, 0.25) is 0 Å². The van der Waals surface area contributed by atoms with Gasteiger partial charge < -0.3 is 0 Å². The van der Waals surface area contributed by atoms with Gasteiger partial charge in [0.15, 0.2) is 0 Å². The van der Waals surface area contributed by atoms with Crippen molar-refractivity contribution in [3.05, 3.63) is 57.9 Å². The minimum absolute atomic E-state index is 0.134. The summed E-state index contributed by atoms with van der Waals surface area (Å²) in [4.78, 5) is 6.57. The van der Waals surface area contributed by atoms with E-state index in [1.54, 1.807) is 21.7 Å². The first-order valence-electron chi connectivity index (χ1n) is 8.37. The molecule has 4 nitrogen and oxygen atoms in total. The van der Waals surface area contributed by atoms with Gasteiger partial charge >= 0.3 is 0 Å². The first-order chi connectivity index (χ1) is 12.3. The van der Waals surface area contributed by atoms with E-state index in [0.717, 1.165) is 26.0 Å². The zero-order chi connectivity index (χ0) is 18.9. The van der Waals surface area contributed by atoms with Crippen molar-refractivity contribution in [3.8, 4) is 9.88 Å². The van der Waals surface area contributed by atoms with Crippen LogP contribution in [0.1, 0.15) is 30.0 Å². The maximum absolute atomic E-state index is 13.4. The van der Waals surface area contributed by atoms with Gasteiger partial charge in [-0.2, -0.15) is 4.31 Å². The van der Waals surface area contributed by atoms with Crippen LogP contribution in [-0.2, 0) is 16.6 Å². The molecule has 1 aromatic carbocycles. The fraction of sp³-hybridized carbons (Fsp3) is 0.316. The molecule has 0 aliphatic carbocycles. The molecule has 0 radical (unpaired) electrons. The molecule has 0 bridgehead atoms. The second-order valence-corrected chi connectivity index (χ2v) is 10.4. The number of hydrogen-bond donors (Lipinski definition) is 0. The largest absolute Gasteiger partial charge is 0.244 e. The molecule has 0 amide bonds. The molecule has 0 unspecified atom stereocenters. The molecule has 0 spiro atoms. The van der Waals surface area contributed by atoms with E-state index in [0.29, 0.717) is 11.4 Å². The summed E-state index contributed by atoms with van der Waals surface area (Å²) in [7, 11) is -3.59. The number of aromatic nitrogens is 1. The van der Waals surface area contributed by atoms with E-state index >= 15 is 0 Å². The Hall–Kier alpha value is -1.54. The van der Waals surface area contributed by atoms with Gasteiger partial charge in [0.05, 0.1) is 9.77 Å². The third kappa shape index (κ3) is 3.91. The van der Waals surface area contributed by atoms with Crippen molar-refractivity contribution in [2.45, 2.75) is 45.2 Å². The number of thiophene rings is 1. The summed E-state index contributed by atoms with van der Waals surface area (Å²) in [6.45, 7) is 7.99. The Balaban J connectivity index is 1.98. The van der Waals surface area contributed by atoms with E-state index in [1.165, 1.54) is 11.3 Å². The predicted molar refractivity (Wildman–Crippen MR) is 109 cm³/mol. The highest BCUT2D eigenvalue weighted by molar-refractivity contribution is 7.89. The molecule has 0 saturated carbocycles. The summed E-state index contributed by atoms with van der Waals surface area (Å²) < 4.78 is 28.3. The predicted octanol–water partition coefficient (Wildman–Crippen LogP) is 5.09. The summed E-state index contributed by atoms with van der Waals surface area (Å²) in [5.74, 6) is 0. The average molecular weight is 407 g/mol. The summed E-state index contributed by atoms with van der Waals surface area (Å²) in [5.41, 5.74) is 1.93. The molecular weight excluding hydrogens is 384 g/mol. The molecule has 0 aliphatic heterocycles. The number of hydrogen-bond acceptors (Lipinski definition) is 5. The van der Waals surface area contributed by atoms with E-state index in [2.05, 4.69) is 4.98 Å². The summed E-state index contributed by atoms with van der Waals surface area (Å²) in [5, 5.41) is 2.85. The van der Waals surface area contributed by atoms with Crippen molar-refractivity contribution >= 4 is 32.7 Å². The van der Waals surface area contributed by atoms with Crippen LogP contribution in [0, 0.1) is 13.8 Å². The fourth-order valence-corrected chi connectivity index (χ4v) is 6.78.